The highest BCUT2D eigenvalue weighted by atomic mass is 16.5. The van der Waals surface area contributed by atoms with Crippen molar-refractivity contribution in [1.29, 1.82) is 0 Å². The number of H-pyrrole nitrogens is 1. The molecular weight excluding hydrogens is 370 g/mol. The highest BCUT2D eigenvalue weighted by Gasteiger charge is 2.24. The summed E-state index contributed by atoms with van der Waals surface area (Å²) in [6.45, 7) is 4.52. The van der Waals surface area contributed by atoms with Gasteiger partial charge in [0.05, 0.1) is 22.5 Å². The van der Waals surface area contributed by atoms with Gasteiger partial charge < -0.3 is 14.7 Å². The minimum Gasteiger partial charge on any atom is -0.478 e. The fourth-order valence-electron chi connectivity index (χ4n) is 3.25. The van der Waals surface area contributed by atoms with Gasteiger partial charge in [0.2, 0.25) is 5.88 Å². The van der Waals surface area contributed by atoms with Crippen LogP contribution in [0, 0.1) is 6.92 Å². The van der Waals surface area contributed by atoms with Crippen LogP contribution >= 0.6 is 0 Å². The molecule has 0 radical (unpaired) electrons. The van der Waals surface area contributed by atoms with E-state index in [9.17, 15) is 9.59 Å². The fourth-order valence-corrected chi connectivity index (χ4v) is 3.25. The number of ether oxygens (including phenoxy) is 1. The van der Waals surface area contributed by atoms with Crippen LogP contribution in [0.3, 0.4) is 0 Å². The maximum absolute atomic E-state index is 12.9. The SMILES string of the molecule is CCN1C(=C=Cc2c(C)[nH]n(-c3ccc(C(=O)O)cc3)c2=O)Oc2ccccc21. The van der Waals surface area contributed by atoms with Gasteiger partial charge in [-0.3, -0.25) is 9.89 Å². The number of fused-ring (bicyclic) bond motifs is 1. The smallest absolute Gasteiger partial charge is 0.335 e. The molecule has 7 heteroatoms. The van der Waals surface area contributed by atoms with Crippen LogP contribution in [-0.4, -0.2) is 27.4 Å². The lowest BCUT2D eigenvalue weighted by atomic mass is 10.2. The van der Waals surface area contributed by atoms with Crippen LogP contribution in [0.1, 0.15) is 28.5 Å². The molecule has 0 aliphatic carbocycles. The number of carboxylic acid groups (broad SMARTS) is 1. The minimum absolute atomic E-state index is 0.160. The first-order chi connectivity index (χ1) is 14.0. The molecule has 7 nitrogen and oxygen atoms in total. The van der Waals surface area contributed by atoms with E-state index in [4.69, 9.17) is 9.84 Å². The molecule has 3 aromatic rings. The number of anilines is 1. The Bertz CT molecular complexity index is 1210. The van der Waals surface area contributed by atoms with Crippen molar-refractivity contribution in [3.8, 4) is 11.4 Å². The van der Waals surface area contributed by atoms with Crippen LogP contribution in [0.15, 0.2) is 64.9 Å². The molecule has 0 fully saturated rings. The van der Waals surface area contributed by atoms with Crippen molar-refractivity contribution in [1.82, 2.24) is 9.78 Å². The molecular formula is C22H19N3O4. The topological polar surface area (TPSA) is 87.6 Å². The molecule has 2 N–H and O–H groups in total. The number of hydrogen-bond acceptors (Lipinski definition) is 4. The molecule has 0 spiro atoms. The van der Waals surface area contributed by atoms with E-state index in [-0.39, 0.29) is 11.1 Å². The number of aryl methyl sites for hydroxylation is 1. The van der Waals surface area contributed by atoms with Gasteiger partial charge in [-0.05, 0) is 50.2 Å². The van der Waals surface area contributed by atoms with Gasteiger partial charge in [0, 0.05) is 18.3 Å². The third-order valence-corrected chi connectivity index (χ3v) is 4.75. The van der Waals surface area contributed by atoms with E-state index in [1.54, 1.807) is 25.1 Å². The summed E-state index contributed by atoms with van der Waals surface area (Å²) < 4.78 is 7.24. The minimum atomic E-state index is -1.01. The zero-order valence-corrected chi connectivity index (χ0v) is 16.0. The number of benzene rings is 2. The van der Waals surface area contributed by atoms with Crippen LogP contribution in [-0.2, 0) is 0 Å². The maximum Gasteiger partial charge on any atom is 0.335 e. The predicted octanol–water partition coefficient (Wildman–Crippen LogP) is 3.54. The highest BCUT2D eigenvalue weighted by Crippen LogP contribution is 2.37. The molecule has 4 rings (SSSR count). The van der Waals surface area contributed by atoms with Gasteiger partial charge in [-0.2, -0.15) is 0 Å². The highest BCUT2D eigenvalue weighted by molar-refractivity contribution is 5.87. The second-order valence-electron chi connectivity index (χ2n) is 6.55. The van der Waals surface area contributed by atoms with Crippen molar-refractivity contribution in [2.24, 2.45) is 0 Å². The van der Waals surface area contributed by atoms with Crippen molar-refractivity contribution in [3.63, 3.8) is 0 Å². The molecule has 0 amide bonds. The second-order valence-corrected chi connectivity index (χ2v) is 6.55. The number of aromatic carboxylic acids is 1. The molecule has 0 saturated carbocycles. The Morgan fingerprint density at radius 3 is 2.62 bits per heavy atom. The lowest BCUT2D eigenvalue weighted by molar-refractivity contribution is 0.0697. The predicted molar refractivity (Wildman–Crippen MR) is 110 cm³/mol. The van der Waals surface area contributed by atoms with Gasteiger partial charge in [-0.25, -0.2) is 9.48 Å². The normalized spacial score (nSPS) is 12.3. The number of carbonyl (C=O) groups is 1. The van der Waals surface area contributed by atoms with Crippen LogP contribution < -0.4 is 15.2 Å². The Hall–Kier alpha value is -3.96. The van der Waals surface area contributed by atoms with E-state index < -0.39 is 5.97 Å². The van der Waals surface area contributed by atoms with E-state index in [1.165, 1.54) is 16.8 Å². The largest absolute Gasteiger partial charge is 0.478 e. The lowest BCUT2D eigenvalue weighted by Crippen LogP contribution is -2.18. The monoisotopic (exact) mass is 389 g/mol. The lowest BCUT2D eigenvalue weighted by Gasteiger charge is -2.13. The Labute approximate surface area is 166 Å². The molecule has 0 bridgehead atoms. The van der Waals surface area contributed by atoms with Crippen molar-refractivity contribution in [3.05, 3.63) is 87.3 Å². The van der Waals surface area contributed by atoms with Crippen molar-refractivity contribution < 1.29 is 14.6 Å². The molecule has 0 atom stereocenters. The van der Waals surface area contributed by atoms with Gasteiger partial charge in [0.15, 0.2) is 5.75 Å². The third kappa shape index (κ3) is 3.24. The molecule has 1 aliphatic rings. The van der Waals surface area contributed by atoms with Crippen molar-refractivity contribution >= 4 is 17.7 Å². The number of hydrogen-bond donors (Lipinski definition) is 2. The standard InChI is InChI=1S/C22H19N3O4/c1-3-24-18-6-4-5-7-19(18)29-20(24)13-12-17-14(2)23-25(21(17)26)16-10-8-15(9-11-16)22(27)28/h4-12,23H,3H2,1-2H3,(H,27,28). The van der Waals surface area contributed by atoms with Crippen molar-refractivity contribution in [2.75, 3.05) is 11.4 Å². The van der Waals surface area contributed by atoms with Gasteiger partial charge in [-0.15, -0.1) is 0 Å². The van der Waals surface area contributed by atoms with Crippen LogP contribution in [0.2, 0.25) is 0 Å². The molecule has 1 aromatic heterocycles. The van der Waals surface area contributed by atoms with E-state index in [0.717, 1.165) is 11.4 Å². The average molecular weight is 389 g/mol. The first-order valence-corrected chi connectivity index (χ1v) is 9.16. The van der Waals surface area contributed by atoms with Gasteiger partial charge in [-0.1, -0.05) is 17.9 Å². The van der Waals surface area contributed by atoms with E-state index in [2.05, 4.69) is 10.8 Å². The number of carboxylic acids is 1. The maximum atomic E-state index is 12.9. The summed E-state index contributed by atoms with van der Waals surface area (Å²) in [6, 6.07) is 13.8. The summed E-state index contributed by atoms with van der Waals surface area (Å²) in [4.78, 5) is 25.9. The van der Waals surface area contributed by atoms with E-state index in [0.29, 0.717) is 29.4 Å². The molecule has 2 aromatic carbocycles. The third-order valence-electron chi connectivity index (χ3n) is 4.75. The zero-order chi connectivity index (χ0) is 20.5. The number of nitrogens with one attached hydrogen (secondary N) is 1. The van der Waals surface area contributed by atoms with Crippen molar-refractivity contribution in [2.45, 2.75) is 13.8 Å². The molecule has 146 valence electrons. The van der Waals surface area contributed by atoms with Crippen LogP contribution in [0.25, 0.3) is 11.8 Å². The summed E-state index contributed by atoms with van der Waals surface area (Å²) in [5.41, 5.74) is 5.65. The van der Waals surface area contributed by atoms with E-state index in [1.807, 2.05) is 36.1 Å². The molecule has 2 heterocycles. The molecule has 0 unspecified atom stereocenters. The zero-order valence-electron chi connectivity index (χ0n) is 16.0. The van der Waals surface area contributed by atoms with Crippen LogP contribution in [0.5, 0.6) is 5.75 Å². The molecule has 29 heavy (non-hydrogen) atoms. The molecule has 0 saturated heterocycles. The summed E-state index contributed by atoms with van der Waals surface area (Å²) >= 11 is 0. The summed E-state index contributed by atoms with van der Waals surface area (Å²) in [5.74, 6) is 0.276. The number of aromatic amines is 1. The Kier molecular flexibility index (Phi) is 4.58. The van der Waals surface area contributed by atoms with Gasteiger partial charge in [0.25, 0.3) is 5.56 Å². The fraction of sp³-hybridized carbons (Fsp3) is 0.136. The average Bonchev–Trinajstić information content (AvgIpc) is 3.22. The second kappa shape index (κ2) is 7.22. The van der Waals surface area contributed by atoms with Gasteiger partial charge in [0.1, 0.15) is 0 Å². The first-order valence-electron chi connectivity index (χ1n) is 9.16. The summed E-state index contributed by atoms with van der Waals surface area (Å²) in [5, 5.41) is 12.0. The summed E-state index contributed by atoms with van der Waals surface area (Å²) in [7, 11) is 0. The number of nitrogens with zero attached hydrogens (tertiary/aromatic N) is 2. The molecule has 1 aliphatic heterocycles. The summed E-state index contributed by atoms with van der Waals surface area (Å²) in [6.07, 6.45) is 1.61. The van der Waals surface area contributed by atoms with E-state index >= 15 is 0 Å². The Morgan fingerprint density at radius 1 is 1.21 bits per heavy atom. The Balaban J connectivity index is 1.71. The van der Waals surface area contributed by atoms with Gasteiger partial charge >= 0.3 is 5.97 Å². The number of para-hydroxylation sites is 2. The number of aromatic nitrogens is 2. The first kappa shape index (κ1) is 18.4. The Morgan fingerprint density at radius 2 is 1.93 bits per heavy atom. The van der Waals surface area contributed by atoms with Crippen LogP contribution in [0.4, 0.5) is 5.69 Å². The number of rotatable bonds is 4. The quantitative estimate of drug-likeness (QED) is 0.667.